The van der Waals surface area contributed by atoms with E-state index in [4.69, 9.17) is 16.9 Å². The number of hydrogen-bond donors (Lipinski definition) is 3. The Labute approximate surface area is 399 Å². The molecule has 0 aliphatic heterocycles. The first-order chi connectivity index (χ1) is 33.5. The number of hydrogen-bond acceptors (Lipinski definition) is 2. The minimum Gasteiger partial charge on any atom is -0.384 e. The maximum atomic E-state index is 8.29. The lowest BCUT2D eigenvalue weighted by atomic mass is 9.67. The Balaban J connectivity index is 0.000000210. The van der Waals surface area contributed by atoms with Gasteiger partial charge in [0.2, 0.25) is 0 Å². The van der Waals surface area contributed by atoms with Gasteiger partial charge in [0.15, 0.2) is 0 Å². The first kappa shape index (κ1) is 43.3. The molecule has 328 valence electrons. The predicted molar refractivity (Wildman–Crippen MR) is 285 cm³/mol. The molecule has 0 bridgehead atoms. The van der Waals surface area contributed by atoms with Gasteiger partial charge in [-0.25, -0.2) is 0 Å². The van der Waals surface area contributed by atoms with Crippen molar-refractivity contribution in [3.63, 3.8) is 0 Å². The van der Waals surface area contributed by atoms with Gasteiger partial charge < -0.3 is 16.0 Å². The van der Waals surface area contributed by atoms with E-state index in [9.17, 15) is 0 Å². The van der Waals surface area contributed by atoms with E-state index in [1.165, 1.54) is 66.4 Å². The molecule has 0 saturated heterocycles. The quantitative estimate of drug-likeness (QED) is 0.110. The number of nitrogen functional groups attached to an aromatic ring is 1. The number of para-hydroxylation sites is 2. The first-order valence-corrected chi connectivity index (χ1v) is 23.1. The third-order valence-electron chi connectivity index (χ3n) is 13.1. The molecule has 10 aromatic carbocycles. The summed E-state index contributed by atoms with van der Waals surface area (Å²) in [4.78, 5) is 0. The summed E-state index contributed by atoms with van der Waals surface area (Å²) in [5, 5.41) is 10.7. The molecule has 0 fully saturated rings. The van der Waals surface area contributed by atoms with Gasteiger partial charge in [-0.05, 0) is 92.9 Å². The number of nitrogens with two attached hydrogens (primary N) is 2. The third kappa shape index (κ3) is 7.98. The van der Waals surface area contributed by atoms with E-state index in [2.05, 4.69) is 218 Å². The van der Waals surface area contributed by atoms with Crippen LogP contribution in [0.25, 0.3) is 60.9 Å². The summed E-state index contributed by atoms with van der Waals surface area (Å²) in [5.41, 5.74) is 29.7. The highest BCUT2D eigenvalue weighted by molar-refractivity contribution is 6.22. The van der Waals surface area contributed by atoms with Gasteiger partial charge in [-0.3, -0.25) is 5.41 Å². The maximum Gasteiger partial charge on any atom is 0.122 e. The van der Waals surface area contributed by atoms with Crippen molar-refractivity contribution in [1.82, 2.24) is 4.57 Å². The Morgan fingerprint density at radius 3 is 1.63 bits per heavy atom. The number of aromatic nitrogens is 1. The van der Waals surface area contributed by atoms with Gasteiger partial charge in [0.1, 0.15) is 5.84 Å². The monoisotopic (exact) mass is 876 g/mol. The summed E-state index contributed by atoms with van der Waals surface area (Å²) in [6.07, 6.45) is 0. The molecule has 1 aliphatic carbocycles. The van der Waals surface area contributed by atoms with E-state index >= 15 is 0 Å². The van der Waals surface area contributed by atoms with E-state index < -0.39 is 5.41 Å². The number of benzene rings is 10. The SMILES string of the molecule is Cc1ccc(-c2ccccc2)cc1.N=C(N)c1cccc(-c2cc3c(c4c5ccccc5n(-c5ccccc5)c24)-c2ccccc2C3(c2ccccc2)c2ccccc2)c1.NCc1ccccc1. The Kier molecular flexibility index (Phi) is 12.2. The number of nitrogens with one attached hydrogen (secondary N) is 1. The highest BCUT2D eigenvalue weighted by atomic mass is 15.0. The van der Waals surface area contributed by atoms with E-state index in [0.717, 1.165) is 27.8 Å². The molecule has 12 rings (SSSR count). The lowest BCUT2D eigenvalue weighted by Crippen LogP contribution is -2.28. The van der Waals surface area contributed by atoms with Crippen LogP contribution in [0, 0.1) is 12.3 Å². The zero-order valence-corrected chi connectivity index (χ0v) is 38.1. The zero-order chi connectivity index (χ0) is 46.5. The molecular weight excluding hydrogens is 825 g/mol. The van der Waals surface area contributed by atoms with Crippen LogP contribution >= 0.6 is 0 Å². The standard InChI is InChI=1S/C44H31N3.C13H12.C7H9N/c45-43(46)30-16-14-15-29(27-30)36-28-38-40(41-35-24-11-13-26-39(35)47(42(36)41)33-21-8-3-9-22-33)34-23-10-12-25-37(34)44(38,31-17-4-1-5-18-31)32-19-6-2-7-20-32;1-11-7-9-13(10-8-11)12-5-3-2-4-6-12;8-6-7-4-2-1-3-5-7/h1-28H,(H3,45,46);2-10H,1H3;1-5H,6,8H2. The maximum absolute atomic E-state index is 8.29. The summed E-state index contributed by atoms with van der Waals surface area (Å²) < 4.78 is 2.41. The average molecular weight is 877 g/mol. The fourth-order valence-corrected chi connectivity index (χ4v) is 9.99. The Morgan fingerprint density at radius 1 is 0.485 bits per heavy atom. The summed E-state index contributed by atoms with van der Waals surface area (Å²) in [7, 11) is 0. The molecule has 1 aliphatic rings. The van der Waals surface area contributed by atoms with E-state index in [0.29, 0.717) is 12.1 Å². The van der Waals surface area contributed by atoms with Crippen molar-refractivity contribution in [3.05, 3.63) is 294 Å². The molecule has 11 aromatic rings. The van der Waals surface area contributed by atoms with Gasteiger partial charge in [0.05, 0.1) is 16.4 Å². The molecule has 4 nitrogen and oxygen atoms in total. The number of fused-ring (bicyclic) bond motifs is 7. The van der Waals surface area contributed by atoms with Gasteiger partial charge in [0.25, 0.3) is 0 Å². The number of rotatable bonds is 7. The Morgan fingerprint density at radius 2 is 1.01 bits per heavy atom. The molecule has 0 atom stereocenters. The molecule has 5 N–H and O–H groups in total. The molecule has 1 aromatic heterocycles. The zero-order valence-electron chi connectivity index (χ0n) is 38.1. The molecular formula is C64H52N4. The molecule has 1 heterocycles. The summed E-state index contributed by atoms with van der Waals surface area (Å²) in [5.74, 6) is 0.0585. The fourth-order valence-electron chi connectivity index (χ4n) is 9.99. The van der Waals surface area contributed by atoms with Crippen LogP contribution < -0.4 is 11.5 Å². The summed E-state index contributed by atoms with van der Waals surface area (Å²) in [6, 6.07) is 89.8. The minimum atomic E-state index is -0.550. The van der Waals surface area contributed by atoms with Crippen LogP contribution in [0.4, 0.5) is 0 Å². The normalized spacial score (nSPS) is 12.0. The van der Waals surface area contributed by atoms with Crippen molar-refractivity contribution in [2.75, 3.05) is 0 Å². The van der Waals surface area contributed by atoms with Crippen molar-refractivity contribution >= 4 is 27.6 Å². The van der Waals surface area contributed by atoms with Gasteiger partial charge in [-0.15, -0.1) is 0 Å². The van der Waals surface area contributed by atoms with E-state index in [1.54, 1.807) is 0 Å². The van der Waals surface area contributed by atoms with E-state index in [1.807, 2.05) is 48.5 Å². The minimum absolute atomic E-state index is 0.0585. The second kappa shape index (κ2) is 19.1. The smallest absolute Gasteiger partial charge is 0.122 e. The second-order valence-corrected chi connectivity index (χ2v) is 17.2. The van der Waals surface area contributed by atoms with Crippen molar-refractivity contribution in [2.45, 2.75) is 18.9 Å². The lowest BCUT2D eigenvalue weighted by molar-refractivity contribution is 0.769. The highest BCUT2D eigenvalue weighted by Gasteiger charge is 2.47. The first-order valence-electron chi connectivity index (χ1n) is 23.1. The van der Waals surface area contributed by atoms with Gasteiger partial charge in [-0.1, -0.05) is 230 Å². The van der Waals surface area contributed by atoms with Crippen LogP contribution in [-0.4, -0.2) is 10.4 Å². The Bertz CT molecular complexity index is 3450. The molecule has 4 heteroatoms. The third-order valence-corrected chi connectivity index (χ3v) is 13.1. The lowest BCUT2D eigenvalue weighted by Gasteiger charge is -2.34. The van der Waals surface area contributed by atoms with Crippen molar-refractivity contribution in [3.8, 4) is 39.1 Å². The molecule has 0 unspecified atom stereocenters. The van der Waals surface area contributed by atoms with Crippen LogP contribution in [0.15, 0.2) is 255 Å². The fraction of sp³-hybridized carbons (Fsp3) is 0.0469. The Hall–Kier alpha value is -8.57. The van der Waals surface area contributed by atoms with Crippen molar-refractivity contribution in [2.24, 2.45) is 11.5 Å². The van der Waals surface area contributed by atoms with E-state index in [-0.39, 0.29) is 5.84 Å². The number of amidine groups is 1. The second-order valence-electron chi connectivity index (χ2n) is 17.2. The average Bonchev–Trinajstić information content (AvgIpc) is 3.91. The summed E-state index contributed by atoms with van der Waals surface area (Å²) >= 11 is 0. The molecule has 68 heavy (non-hydrogen) atoms. The molecule has 0 radical (unpaired) electrons. The van der Waals surface area contributed by atoms with Gasteiger partial charge in [-0.2, -0.15) is 0 Å². The molecule has 0 spiro atoms. The van der Waals surface area contributed by atoms with Crippen LogP contribution in [-0.2, 0) is 12.0 Å². The topological polar surface area (TPSA) is 80.8 Å². The molecule has 0 amide bonds. The van der Waals surface area contributed by atoms with Crippen molar-refractivity contribution < 1.29 is 0 Å². The van der Waals surface area contributed by atoms with Crippen LogP contribution in [0.1, 0.15) is 38.9 Å². The largest absolute Gasteiger partial charge is 0.384 e. The van der Waals surface area contributed by atoms with Gasteiger partial charge in [0, 0.05) is 34.1 Å². The van der Waals surface area contributed by atoms with Crippen LogP contribution in [0.2, 0.25) is 0 Å². The van der Waals surface area contributed by atoms with Crippen LogP contribution in [0.5, 0.6) is 0 Å². The molecule has 0 saturated carbocycles. The number of aryl methyl sites for hydroxylation is 1. The van der Waals surface area contributed by atoms with Crippen LogP contribution in [0.3, 0.4) is 0 Å². The van der Waals surface area contributed by atoms with Crippen molar-refractivity contribution in [1.29, 1.82) is 5.41 Å². The highest BCUT2D eigenvalue weighted by Crippen LogP contribution is 2.60. The predicted octanol–water partition coefficient (Wildman–Crippen LogP) is 14.9. The van der Waals surface area contributed by atoms with Gasteiger partial charge >= 0.3 is 0 Å². The number of nitrogens with zero attached hydrogens (tertiary/aromatic N) is 1. The summed E-state index contributed by atoms with van der Waals surface area (Å²) in [6.45, 7) is 2.75.